The van der Waals surface area contributed by atoms with Crippen molar-refractivity contribution in [1.82, 2.24) is 10.9 Å². The molecule has 0 bridgehead atoms. The van der Waals surface area contributed by atoms with Crippen LogP contribution >= 0.6 is 0 Å². The van der Waals surface area contributed by atoms with E-state index in [0.717, 1.165) is 19.3 Å². The summed E-state index contributed by atoms with van der Waals surface area (Å²) in [6, 6.07) is 4.89. The van der Waals surface area contributed by atoms with Crippen LogP contribution in [0.3, 0.4) is 0 Å². The van der Waals surface area contributed by atoms with Gasteiger partial charge in [0, 0.05) is 11.5 Å². The molecule has 0 spiro atoms. The van der Waals surface area contributed by atoms with Gasteiger partial charge in [0.2, 0.25) is 12.7 Å². The number of rotatable bonds is 2. The van der Waals surface area contributed by atoms with Crippen LogP contribution in [0.25, 0.3) is 0 Å². The SMILES string of the molecule is O=C(NNC(=O)C1CCC1)c1ccc2c(c1)OCO2. The van der Waals surface area contributed by atoms with Gasteiger partial charge in [0.1, 0.15) is 0 Å². The Morgan fingerprint density at radius 1 is 1.11 bits per heavy atom. The number of hydrazine groups is 1. The zero-order valence-corrected chi connectivity index (χ0v) is 10.3. The number of benzene rings is 1. The highest BCUT2D eigenvalue weighted by atomic mass is 16.7. The van der Waals surface area contributed by atoms with Crippen LogP contribution in [0.4, 0.5) is 0 Å². The Morgan fingerprint density at radius 3 is 2.63 bits per heavy atom. The lowest BCUT2D eigenvalue weighted by Crippen LogP contribution is -2.45. The first kappa shape index (κ1) is 11.8. The first-order valence-corrected chi connectivity index (χ1v) is 6.24. The van der Waals surface area contributed by atoms with Crippen molar-refractivity contribution in [3.05, 3.63) is 23.8 Å². The van der Waals surface area contributed by atoms with E-state index in [4.69, 9.17) is 9.47 Å². The van der Waals surface area contributed by atoms with E-state index in [-0.39, 0.29) is 24.5 Å². The molecule has 1 aromatic carbocycles. The van der Waals surface area contributed by atoms with Gasteiger partial charge in [-0.2, -0.15) is 0 Å². The van der Waals surface area contributed by atoms with Crippen LogP contribution in [0.1, 0.15) is 29.6 Å². The zero-order chi connectivity index (χ0) is 13.2. The minimum atomic E-state index is -0.369. The quantitative estimate of drug-likeness (QED) is 0.779. The number of amides is 2. The molecule has 1 aliphatic carbocycles. The highest BCUT2D eigenvalue weighted by molar-refractivity contribution is 5.96. The normalized spacial score (nSPS) is 16.6. The second kappa shape index (κ2) is 4.79. The molecule has 0 aromatic heterocycles. The number of hydrogen-bond acceptors (Lipinski definition) is 4. The van der Waals surface area contributed by atoms with Crippen LogP contribution in [0.2, 0.25) is 0 Å². The maximum absolute atomic E-state index is 11.9. The molecule has 1 fully saturated rings. The summed E-state index contributed by atoms with van der Waals surface area (Å²) in [5.74, 6) is 0.705. The molecule has 100 valence electrons. The van der Waals surface area contributed by atoms with E-state index < -0.39 is 0 Å². The van der Waals surface area contributed by atoms with Crippen LogP contribution in [0, 0.1) is 5.92 Å². The van der Waals surface area contributed by atoms with E-state index in [2.05, 4.69) is 10.9 Å². The molecule has 2 amide bonds. The van der Waals surface area contributed by atoms with Crippen LogP contribution in [-0.2, 0) is 4.79 Å². The van der Waals surface area contributed by atoms with Gasteiger partial charge in [0.15, 0.2) is 11.5 Å². The summed E-state index contributed by atoms with van der Waals surface area (Å²) < 4.78 is 10.4. The molecular formula is C13H14N2O4. The Hall–Kier alpha value is -2.24. The summed E-state index contributed by atoms with van der Waals surface area (Å²) in [6.45, 7) is 0.165. The minimum absolute atomic E-state index is 0.0389. The van der Waals surface area contributed by atoms with E-state index in [0.29, 0.717) is 17.1 Å². The van der Waals surface area contributed by atoms with Gasteiger partial charge >= 0.3 is 0 Å². The second-order valence-electron chi connectivity index (χ2n) is 4.64. The maximum atomic E-state index is 11.9. The van der Waals surface area contributed by atoms with Crippen molar-refractivity contribution in [2.45, 2.75) is 19.3 Å². The molecule has 0 radical (unpaired) electrons. The number of fused-ring (bicyclic) bond motifs is 1. The van der Waals surface area contributed by atoms with Gasteiger partial charge < -0.3 is 9.47 Å². The Kier molecular flexibility index (Phi) is 2.98. The number of carbonyl (C=O) groups is 2. The van der Waals surface area contributed by atoms with Crippen LogP contribution in [0.5, 0.6) is 11.5 Å². The van der Waals surface area contributed by atoms with Gasteiger partial charge in [0.25, 0.3) is 5.91 Å². The average molecular weight is 262 g/mol. The predicted octanol–water partition coefficient (Wildman–Crippen LogP) is 0.976. The first-order valence-electron chi connectivity index (χ1n) is 6.24. The number of nitrogens with one attached hydrogen (secondary N) is 2. The molecule has 2 N–H and O–H groups in total. The number of ether oxygens (including phenoxy) is 2. The lowest BCUT2D eigenvalue weighted by atomic mass is 9.85. The summed E-state index contributed by atoms with van der Waals surface area (Å²) in [5.41, 5.74) is 5.26. The third-order valence-corrected chi connectivity index (χ3v) is 3.41. The largest absolute Gasteiger partial charge is 0.454 e. The summed E-state index contributed by atoms with van der Waals surface area (Å²) in [5, 5.41) is 0. The van der Waals surface area contributed by atoms with Crippen molar-refractivity contribution in [2.75, 3.05) is 6.79 Å². The smallest absolute Gasteiger partial charge is 0.269 e. The molecule has 0 unspecified atom stereocenters. The third-order valence-electron chi connectivity index (χ3n) is 3.41. The van der Waals surface area contributed by atoms with Crippen LogP contribution < -0.4 is 20.3 Å². The Morgan fingerprint density at radius 2 is 1.89 bits per heavy atom. The summed E-state index contributed by atoms with van der Waals surface area (Å²) in [6.07, 6.45) is 2.87. The fraction of sp³-hybridized carbons (Fsp3) is 0.385. The summed E-state index contributed by atoms with van der Waals surface area (Å²) >= 11 is 0. The highest BCUT2D eigenvalue weighted by Crippen LogP contribution is 2.32. The molecule has 0 atom stereocenters. The van der Waals surface area contributed by atoms with Crippen molar-refractivity contribution < 1.29 is 19.1 Å². The summed E-state index contributed by atoms with van der Waals surface area (Å²) in [7, 11) is 0. The van der Waals surface area contributed by atoms with Crippen molar-refractivity contribution in [1.29, 1.82) is 0 Å². The molecule has 1 aliphatic heterocycles. The molecule has 1 saturated carbocycles. The van der Waals surface area contributed by atoms with Crippen molar-refractivity contribution in [3.63, 3.8) is 0 Å². The second-order valence-corrected chi connectivity index (χ2v) is 4.64. The minimum Gasteiger partial charge on any atom is -0.454 e. The molecular weight excluding hydrogens is 248 g/mol. The predicted molar refractivity (Wildman–Crippen MR) is 65.5 cm³/mol. The Balaban J connectivity index is 1.59. The Labute approximate surface area is 110 Å². The van der Waals surface area contributed by atoms with Gasteiger partial charge in [0.05, 0.1) is 0 Å². The highest BCUT2D eigenvalue weighted by Gasteiger charge is 2.25. The van der Waals surface area contributed by atoms with E-state index in [1.165, 1.54) is 0 Å². The molecule has 6 nitrogen and oxygen atoms in total. The molecule has 1 heterocycles. The van der Waals surface area contributed by atoms with E-state index in [1.54, 1.807) is 18.2 Å². The van der Waals surface area contributed by atoms with Crippen molar-refractivity contribution >= 4 is 11.8 Å². The monoisotopic (exact) mass is 262 g/mol. The number of hydrogen-bond donors (Lipinski definition) is 2. The first-order chi connectivity index (χ1) is 9.24. The molecule has 0 saturated heterocycles. The van der Waals surface area contributed by atoms with Crippen LogP contribution in [-0.4, -0.2) is 18.6 Å². The van der Waals surface area contributed by atoms with Gasteiger partial charge in [-0.25, -0.2) is 0 Å². The molecule has 6 heteroatoms. The zero-order valence-electron chi connectivity index (χ0n) is 10.3. The topological polar surface area (TPSA) is 76.7 Å². The number of carbonyl (C=O) groups excluding carboxylic acids is 2. The van der Waals surface area contributed by atoms with Crippen molar-refractivity contribution in [3.8, 4) is 11.5 Å². The van der Waals surface area contributed by atoms with Gasteiger partial charge in [-0.3, -0.25) is 20.4 Å². The molecule has 1 aromatic rings. The third kappa shape index (κ3) is 2.33. The molecule has 3 rings (SSSR count). The van der Waals surface area contributed by atoms with Crippen LogP contribution in [0.15, 0.2) is 18.2 Å². The van der Waals surface area contributed by atoms with Gasteiger partial charge in [-0.05, 0) is 31.0 Å². The van der Waals surface area contributed by atoms with E-state index in [9.17, 15) is 9.59 Å². The molecule has 2 aliphatic rings. The fourth-order valence-corrected chi connectivity index (χ4v) is 2.00. The van der Waals surface area contributed by atoms with E-state index in [1.807, 2.05) is 0 Å². The fourth-order valence-electron chi connectivity index (χ4n) is 2.00. The lowest BCUT2D eigenvalue weighted by Gasteiger charge is -2.23. The van der Waals surface area contributed by atoms with E-state index >= 15 is 0 Å². The van der Waals surface area contributed by atoms with Gasteiger partial charge in [-0.1, -0.05) is 6.42 Å². The standard InChI is InChI=1S/C13H14N2O4/c16-12(8-2-1-3-8)14-15-13(17)9-4-5-10-11(6-9)19-7-18-10/h4-6,8H,1-3,7H2,(H,14,16)(H,15,17). The Bertz CT molecular complexity index is 525. The van der Waals surface area contributed by atoms with Crippen molar-refractivity contribution in [2.24, 2.45) is 5.92 Å². The van der Waals surface area contributed by atoms with Gasteiger partial charge in [-0.15, -0.1) is 0 Å². The lowest BCUT2D eigenvalue weighted by molar-refractivity contribution is -0.128. The maximum Gasteiger partial charge on any atom is 0.269 e. The molecule has 19 heavy (non-hydrogen) atoms. The average Bonchev–Trinajstić information content (AvgIpc) is 2.80. The summed E-state index contributed by atoms with van der Waals surface area (Å²) in [4.78, 5) is 23.4.